The molecular formula is C22H31N5O3S. The lowest BCUT2D eigenvalue weighted by atomic mass is 10.1. The van der Waals surface area contributed by atoms with Crippen LogP contribution in [0.5, 0.6) is 0 Å². The van der Waals surface area contributed by atoms with Gasteiger partial charge in [0, 0.05) is 31.4 Å². The van der Waals surface area contributed by atoms with E-state index in [9.17, 15) is 8.42 Å². The van der Waals surface area contributed by atoms with Gasteiger partial charge in [0.05, 0.1) is 30.6 Å². The molecule has 31 heavy (non-hydrogen) atoms. The van der Waals surface area contributed by atoms with Crippen LogP contribution in [0.25, 0.3) is 0 Å². The van der Waals surface area contributed by atoms with Crippen molar-refractivity contribution in [2.45, 2.75) is 39.4 Å². The van der Waals surface area contributed by atoms with Gasteiger partial charge in [0.15, 0.2) is 0 Å². The van der Waals surface area contributed by atoms with Crippen LogP contribution in [0, 0.1) is 5.41 Å². The minimum atomic E-state index is -3.77. The number of likely N-dealkylation sites (N-methyl/N-ethyl adjacent to an activating group) is 1. The number of rotatable bonds is 7. The summed E-state index contributed by atoms with van der Waals surface area (Å²) in [5.74, 6) is 0.0170. The molecule has 1 aromatic carbocycles. The van der Waals surface area contributed by atoms with E-state index in [0.29, 0.717) is 30.0 Å². The zero-order valence-electron chi connectivity index (χ0n) is 18.5. The second-order valence-electron chi connectivity index (χ2n) is 7.77. The number of nitrogens with one attached hydrogen (secondary N) is 1. The zero-order chi connectivity index (χ0) is 22.6. The molecule has 1 aromatic heterocycles. The Balaban J connectivity index is 1.91. The molecule has 9 heteroatoms. The number of benzene rings is 1. The van der Waals surface area contributed by atoms with Gasteiger partial charge in [0.25, 0.3) is 0 Å². The normalized spacial score (nSPS) is 20.4. The molecule has 1 fully saturated rings. The van der Waals surface area contributed by atoms with Crippen molar-refractivity contribution in [3.8, 4) is 0 Å². The number of para-hydroxylation sites is 1. The van der Waals surface area contributed by atoms with Crippen molar-refractivity contribution in [2.75, 3.05) is 31.0 Å². The summed E-state index contributed by atoms with van der Waals surface area (Å²) in [6.07, 6.45) is 1.53. The number of nitrogens with zero attached hydrogens (tertiary/aromatic N) is 4. The largest absolute Gasteiger partial charge is 0.481 e. The van der Waals surface area contributed by atoms with Gasteiger partial charge >= 0.3 is 10.2 Å². The molecule has 168 valence electrons. The van der Waals surface area contributed by atoms with Gasteiger partial charge in [0.1, 0.15) is 0 Å². The lowest BCUT2D eigenvalue weighted by Gasteiger charge is -2.44. The fraction of sp³-hybridized carbons (Fsp3) is 0.455. The molecule has 0 unspecified atom stereocenters. The zero-order valence-corrected chi connectivity index (χ0v) is 19.3. The van der Waals surface area contributed by atoms with Crippen molar-refractivity contribution >= 4 is 21.8 Å². The molecule has 2 heterocycles. The fourth-order valence-electron chi connectivity index (χ4n) is 4.08. The van der Waals surface area contributed by atoms with E-state index in [1.807, 2.05) is 18.2 Å². The summed E-state index contributed by atoms with van der Waals surface area (Å²) in [5.41, 5.74) is 1.73. The molecule has 1 aliphatic rings. The maximum Gasteiger partial charge on any atom is 0.304 e. The highest BCUT2D eigenvalue weighted by molar-refractivity contribution is 7.90. The second-order valence-corrected chi connectivity index (χ2v) is 9.62. The number of piperazine rings is 1. The lowest BCUT2D eigenvalue weighted by Crippen LogP contribution is -2.60. The van der Waals surface area contributed by atoms with Crippen LogP contribution in [-0.4, -0.2) is 67.3 Å². The monoisotopic (exact) mass is 445 g/mol. The molecule has 3 rings (SSSR count). The predicted molar refractivity (Wildman–Crippen MR) is 122 cm³/mol. The standard InChI is InChI=1S/C22H31N5O3S/c1-5-26-17(2)14-25(15-18(26)3)31(28,29)27(21-9-7-6-8-10-21)16-20-12-11-19(13-24-20)22(23)30-4/h6-13,17-18,23H,5,14-16H2,1-4H3/t17-,18+. The molecule has 0 amide bonds. The Kier molecular flexibility index (Phi) is 7.30. The molecular weight excluding hydrogens is 414 g/mol. The third kappa shape index (κ3) is 5.06. The molecule has 1 N–H and O–H groups in total. The van der Waals surface area contributed by atoms with Gasteiger partial charge < -0.3 is 4.74 Å². The molecule has 0 saturated carbocycles. The second kappa shape index (κ2) is 9.76. The first-order valence-electron chi connectivity index (χ1n) is 10.4. The van der Waals surface area contributed by atoms with Gasteiger partial charge in [-0.15, -0.1) is 0 Å². The number of hydrogen-bond donors (Lipinski definition) is 1. The summed E-state index contributed by atoms with van der Waals surface area (Å²) in [7, 11) is -2.34. The van der Waals surface area contributed by atoms with Gasteiger partial charge in [-0.1, -0.05) is 25.1 Å². The van der Waals surface area contributed by atoms with Crippen molar-refractivity contribution in [2.24, 2.45) is 0 Å². The molecule has 0 aliphatic carbocycles. The quantitative estimate of drug-likeness (QED) is 0.523. The Morgan fingerprint density at radius 3 is 2.32 bits per heavy atom. The maximum atomic E-state index is 13.7. The average molecular weight is 446 g/mol. The summed E-state index contributed by atoms with van der Waals surface area (Å²) in [6.45, 7) is 8.13. The van der Waals surface area contributed by atoms with E-state index < -0.39 is 10.2 Å². The Hall–Kier alpha value is -2.49. The first-order valence-corrected chi connectivity index (χ1v) is 11.8. The highest BCUT2D eigenvalue weighted by atomic mass is 32.2. The van der Waals surface area contributed by atoms with E-state index in [1.54, 1.807) is 28.6 Å². The molecule has 8 nitrogen and oxygen atoms in total. The summed E-state index contributed by atoms with van der Waals surface area (Å²) in [5, 5.41) is 7.75. The van der Waals surface area contributed by atoms with E-state index in [1.165, 1.54) is 17.6 Å². The minimum Gasteiger partial charge on any atom is -0.481 e. The highest BCUT2D eigenvalue weighted by Gasteiger charge is 2.38. The summed E-state index contributed by atoms with van der Waals surface area (Å²) in [6, 6.07) is 12.8. The average Bonchev–Trinajstić information content (AvgIpc) is 2.77. The Morgan fingerprint density at radius 2 is 1.81 bits per heavy atom. The van der Waals surface area contributed by atoms with E-state index in [-0.39, 0.29) is 24.5 Å². The number of methoxy groups -OCH3 is 1. The summed E-state index contributed by atoms with van der Waals surface area (Å²) < 4.78 is 35.4. The third-order valence-electron chi connectivity index (χ3n) is 5.68. The Bertz CT molecular complexity index is 970. The van der Waals surface area contributed by atoms with Gasteiger partial charge in [-0.2, -0.15) is 12.7 Å². The maximum absolute atomic E-state index is 13.7. The number of aromatic nitrogens is 1. The molecule has 1 aliphatic heterocycles. The number of hydrogen-bond acceptors (Lipinski definition) is 6. The number of ether oxygens (including phenoxy) is 1. The van der Waals surface area contributed by atoms with Crippen LogP contribution in [0.3, 0.4) is 0 Å². The SMILES string of the molecule is CCN1[C@H](C)CN(S(=O)(=O)N(Cc2ccc(C(=N)OC)cn2)c2ccccc2)C[C@@H]1C. The van der Waals surface area contributed by atoms with Gasteiger partial charge in [0.2, 0.25) is 5.90 Å². The van der Waals surface area contributed by atoms with Crippen LogP contribution >= 0.6 is 0 Å². The van der Waals surface area contributed by atoms with Gasteiger partial charge in [-0.05, 0) is 44.7 Å². The van der Waals surface area contributed by atoms with Crippen LogP contribution in [0.4, 0.5) is 5.69 Å². The van der Waals surface area contributed by atoms with E-state index in [2.05, 4.69) is 30.7 Å². The number of anilines is 1. The third-order valence-corrected chi connectivity index (χ3v) is 7.53. The summed E-state index contributed by atoms with van der Waals surface area (Å²) in [4.78, 5) is 6.70. The van der Waals surface area contributed by atoms with Crippen LogP contribution < -0.4 is 4.31 Å². The van der Waals surface area contributed by atoms with Crippen LogP contribution in [0.15, 0.2) is 48.7 Å². The van der Waals surface area contributed by atoms with Crippen molar-refractivity contribution in [3.05, 3.63) is 59.9 Å². The molecule has 0 radical (unpaired) electrons. The first-order chi connectivity index (χ1) is 14.8. The molecule has 2 atom stereocenters. The molecule has 0 spiro atoms. The van der Waals surface area contributed by atoms with E-state index in [4.69, 9.17) is 10.1 Å². The van der Waals surface area contributed by atoms with E-state index >= 15 is 0 Å². The lowest BCUT2D eigenvalue weighted by molar-refractivity contribution is 0.0827. The van der Waals surface area contributed by atoms with E-state index in [0.717, 1.165) is 6.54 Å². The van der Waals surface area contributed by atoms with Crippen molar-refractivity contribution in [1.82, 2.24) is 14.2 Å². The Labute approximate surface area is 185 Å². The molecule has 0 bridgehead atoms. The smallest absolute Gasteiger partial charge is 0.304 e. The molecule has 2 aromatic rings. The van der Waals surface area contributed by atoms with Crippen LogP contribution in [0.2, 0.25) is 0 Å². The number of pyridine rings is 1. The fourth-order valence-corrected chi connectivity index (χ4v) is 5.85. The van der Waals surface area contributed by atoms with Crippen LogP contribution in [0.1, 0.15) is 32.0 Å². The van der Waals surface area contributed by atoms with Crippen molar-refractivity contribution < 1.29 is 13.2 Å². The first kappa shape index (κ1) is 23.2. The van der Waals surface area contributed by atoms with Gasteiger partial charge in [-0.3, -0.25) is 19.6 Å². The van der Waals surface area contributed by atoms with Crippen molar-refractivity contribution in [1.29, 1.82) is 5.41 Å². The topological polar surface area (TPSA) is 89.8 Å². The van der Waals surface area contributed by atoms with Crippen molar-refractivity contribution in [3.63, 3.8) is 0 Å². The minimum absolute atomic E-state index is 0.0170. The molecule has 1 saturated heterocycles. The highest BCUT2D eigenvalue weighted by Crippen LogP contribution is 2.26. The summed E-state index contributed by atoms with van der Waals surface area (Å²) >= 11 is 0. The van der Waals surface area contributed by atoms with Crippen LogP contribution in [-0.2, 0) is 21.5 Å². The Morgan fingerprint density at radius 1 is 1.16 bits per heavy atom. The van der Waals surface area contributed by atoms with Gasteiger partial charge in [-0.25, -0.2) is 0 Å². The predicted octanol–water partition coefficient (Wildman–Crippen LogP) is 2.72.